The topological polar surface area (TPSA) is 38.3 Å². The molecule has 0 spiro atoms. The van der Waals surface area contributed by atoms with Gasteiger partial charge in [-0.15, -0.1) is 0 Å². The number of hydrogen-bond acceptors (Lipinski definition) is 3. The van der Waals surface area contributed by atoms with Crippen LogP contribution in [0.1, 0.15) is 25.0 Å². The van der Waals surface area contributed by atoms with E-state index in [0.29, 0.717) is 6.61 Å². The first-order valence-corrected chi connectivity index (χ1v) is 7.25. The molecule has 0 bridgehead atoms. The van der Waals surface area contributed by atoms with E-state index in [0.717, 1.165) is 12.1 Å². The molecular weight excluding hydrogens is 262 g/mol. The molecule has 0 heterocycles. The molecule has 1 atom stereocenters. The maximum atomic E-state index is 11.6. The minimum atomic E-state index is -0.343. The van der Waals surface area contributed by atoms with Gasteiger partial charge in [-0.05, 0) is 43.5 Å². The number of benzene rings is 2. The van der Waals surface area contributed by atoms with Crippen molar-refractivity contribution in [3.8, 4) is 0 Å². The second-order valence-corrected chi connectivity index (χ2v) is 4.98. The average Bonchev–Trinajstić information content (AvgIpc) is 2.50. The predicted octanol–water partition coefficient (Wildman–Crippen LogP) is 3.64. The zero-order valence-corrected chi connectivity index (χ0v) is 12.5. The summed E-state index contributed by atoms with van der Waals surface area (Å²) >= 11 is 0. The van der Waals surface area contributed by atoms with E-state index in [1.54, 1.807) is 6.92 Å². The number of ether oxygens (including phenoxy) is 1. The van der Waals surface area contributed by atoms with Crippen LogP contribution < -0.4 is 5.32 Å². The number of rotatable bonds is 6. The summed E-state index contributed by atoms with van der Waals surface area (Å²) in [5, 5.41) is 3.14. The molecule has 2 aromatic rings. The molecule has 0 saturated heterocycles. The number of esters is 1. The summed E-state index contributed by atoms with van der Waals surface area (Å²) in [4.78, 5) is 11.6. The molecular formula is C18H21NO2. The van der Waals surface area contributed by atoms with Crippen LogP contribution in [0.4, 0.5) is 5.69 Å². The van der Waals surface area contributed by atoms with Crippen molar-refractivity contribution < 1.29 is 9.53 Å². The minimum absolute atomic E-state index is 0.231. The molecule has 2 rings (SSSR count). The average molecular weight is 283 g/mol. The Kier molecular flexibility index (Phi) is 5.38. The maximum Gasteiger partial charge on any atom is 0.328 e. The van der Waals surface area contributed by atoms with E-state index in [4.69, 9.17) is 4.74 Å². The van der Waals surface area contributed by atoms with Crippen LogP contribution in [-0.4, -0.2) is 18.6 Å². The molecule has 0 aliphatic rings. The first-order valence-electron chi connectivity index (χ1n) is 7.25. The van der Waals surface area contributed by atoms with E-state index < -0.39 is 0 Å². The van der Waals surface area contributed by atoms with E-state index >= 15 is 0 Å². The molecule has 0 radical (unpaired) electrons. The number of carbonyl (C=O) groups excluding carboxylic acids is 1. The van der Waals surface area contributed by atoms with Gasteiger partial charge in [0.2, 0.25) is 0 Å². The Bertz CT molecular complexity index is 564. The van der Waals surface area contributed by atoms with Gasteiger partial charge in [0.05, 0.1) is 6.61 Å². The molecule has 0 aliphatic carbocycles. The zero-order valence-electron chi connectivity index (χ0n) is 12.5. The summed E-state index contributed by atoms with van der Waals surface area (Å²) in [7, 11) is 0. The van der Waals surface area contributed by atoms with Gasteiger partial charge in [-0.3, -0.25) is 0 Å². The second kappa shape index (κ2) is 7.48. The predicted molar refractivity (Wildman–Crippen MR) is 85.4 cm³/mol. The molecule has 0 amide bonds. The van der Waals surface area contributed by atoms with Gasteiger partial charge in [0.15, 0.2) is 0 Å². The summed E-state index contributed by atoms with van der Waals surface area (Å²) < 4.78 is 4.98. The standard InChI is InChI=1S/C18H21NO2/c1-3-21-18(20)14(2)19-17-11-9-16(10-12-17)13-15-7-5-4-6-8-15/h4-12,14,19H,3,13H2,1-2H3/t14-/m0/s1. The van der Waals surface area contributed by atoms with Crippen LogP contribution in [-0.2, 0) is 16.0 Å². The van der Waals surface area contributed by atoms with Crippen molar-refractivity contribution in [1.29, 1.82) is 0 Å². The zero-order chi connectivity index (χ0) is 15.1. The summed E-state index contributed by atoms with van der Waals surface area (Å²) in [5.41, 5.74) is 3.46. The van der Waals surface area contributed by atoms with E-state index in [-0.39, 0.29) is 12.0 Å². The van der Waals surface area contributed by atoms with Crippen molar-refractivity contribution in [1.82, 2.24) is 0 Å². The first-order chi connectivity index (χ1) is 10.2. The second-order valence-electron chi connectivity index (χ2n) is 4.98. The van der Waals surface area contributed by atoms with Crippen LogP contribution in [0.25, 0.3) is 0 Å². The lowest BCUT2D eigenvalue weighted by Crippen LogP contribution is -2.28. The van der Waals surface area contributed by atoms with Crippen molar-refractivity contribution in [2.24, 2.45) is 0 Å². The SMILES string of the molecule is CCOC(=O)[C@H](C)Nc1ccc(Cc2ccccc2)cc1. The lowest BCUT2D eigenvalue weighted by atomic mass is 10.0. The quantitative estimate of drug-likeness (QED) is 0.823. The van der Waals surface area contributed by atoms with Crippen LogP contribution in [0.3, 0.4) is 0 Å². The molecule has 1 N–H and O–H groups in total. The Hall–Kier alpha value is -2.29. The van der Waals surface area contributed by atoms with E-state index in [1.165, 1.54) is 11.1 Å². The third-order valence-corrected chi connectivity index (χ3v) is 3.23. The highest BCUT2D eigenvalue weighted by Gasteiger charge is 2.12. The Labute approximate surface area is 126 Å². The number of carbonyl (C=O) groups is 1. The van der Waals surface area contributed by atoms with E-state index in [2.05, 4.69) is 29.6 Å². The van der Waals surface area contributed by atoms with Crippen LogP contribution in [0.5, 0.6) is 0 Å². The number of hydrogen-bond donors (Lipinski definition) is 1. The third kappa shape index (κ3) is 4.63. The van der Waals surface area contributed by atoms with E-state index in [9.17, 15) is 4.79 Å². The molecule has 3 nitrogen and oxygen atoms in total. The fourth-order valence-electron chi connectivity index (χ4n) is 2.13. The van der Waals surface area contributed by atoms with Gasteiger partial charge in [-0.1, -0.05) is 42.5 Å². The van der Waals surface area contributed by atoms with Crippen molar-refractivity contribution >= 4 is 11.7 Å². The molecule has 0 unspecified atom stereocenters. The molecule has 2 aromatic carbocycles. The maximum absolute atomic E-state index is 11.6. The highest BCUT2D eigenvalue weighted by atomic mass is 16.5. The highest BCUT2D eigenvalue weighted by Crippen LogP contribution is 2.14. The van der Waals surface area contributed by atoms with Crippen LogP contribution in [0.15, 0.2) is 54.6 Å². The lowest BCUT2D eigenvalue weighted by Gasteiger charge is -2.14. The van der Waals surface area contributed by atoms with Gasteiger partial charge in [-0.25, -0.2) is 4.79 Å². The van der Waals surface area contributed by atoms with Crippen molar-refractivity contribution in [2.75, 3.05) is 11.9 Å². The van der Waals surface area contributed by atoms with Gasteiger partial charge in [0.1, 0.15) is 6.04 Å². The molecule has 21 heavy (non-hydrogen) atoms. The Morgan fingerprint density at radius 3 is 2.29 bits per heavy atom. The summed E-state index contributed by atoms with van der Waals surface area (Å²) in [6, 6.07) is 18.2. The number of nitrogens with one attached hydrogen (secondary N) is 1. The lowest BCUT2D eigenvalue weighted by molar-refractivity contribution is -0.143. The number of anilines is 1. The van der Waals surface area contributed by atoms with Crippen LogP contribution in [0.2, 0.25) is 0 Å². The molecule has 0 saturated carbocycles. The largest absolute Gasteiger partial charge is 0.464 e. The van der Waals surface area contributed by atoms with Crippen molar-refractivity contribution in [2.45, 2.75) is 26.3 Å². The normalized spacial score (nSPS) is 11.7. The minimum Gasteiger partial charge on any atom is -0.464 e. The summed E-state index contributed by atoms with van der Waals surface area (Å²) in [6.07, 6.45) is 0.911. The van der Waals surface area contributed by atoms with Gasteiger partial charge >= 0.3 is 5.97 Å². The third-order valence-electron chi connectivity index (χ3n) is 3.23. The molecule has 0 aromatic heterocycles. The molecule has 0 aliphatic heterocycles. The molecule has 0 fully saturated rings. The molecule has 110 valence electrons. The van der Waals surface area contributed by atoms with E-state index in [1.807, 2.05) is 37.3 Å². The fourth-order valence-corrected chi connectivity index (χ4v) is 2.13. The van der Waals surface area contributed by atoms with Gasteiger partial charge in [0.25, 0.3) is 0 Å². The smallest absolute Gasteiger partial charge is 0.328 e. The highest BCUT2D eigenvalue weighted by molar-refractivity contribution is 5.78. The Morgan fingerprint density at radius 2 is 1.67 bits per heavy atom. The molecule has 3 heteroatoms. The first kappa shape index (κ1) is 15.1. The monoisotopic (exact) mass is 283 g/mol. The van der Waals surface area contributed by atoms with Crippen LogP contribution in [0, 0.1) is 0 Å². The summed E-state index contributed by atoms with van der Waals surface area (Å²) in [6.45, 7) is 4.01. The van der Waals surface area contributed by atoms with Crippen molar-refractivity contribution in [3.63, 3.8) is 0 Å². The fraction of sp³-hybridized carbons (Fsp3) is 0.278. The summed E-state index contributed by atoms with van der Waals surface area (Å²) in [5.74, 6) is -0.231. The van der Waals surface area contributed by atoms with Crippen LogP contribution >= 0.6 is 0 Å². The Balaban J connectivity index is 1.94. The van der Waals surface area contributed by atoms with Gasteiger partial charge in [0, 0.05) is 5.69 Å². The van der Waals surface area contributed by atoms with Gasteiger partial charge in [-0.2, -0.15) is 0 Å². The Morgan fingerprint density at radius 1 is 1.05 bits per heavy atom. The van der Waals surface area contributed by atoms with Crippen molar-refractivity contribution in [3.05, 3.63) is 65.7 Å². The van der Waals surface area contributed by atoms with Gasteiger partial charge < -0.3 is 10.1 Å².